The van der Waals surface area contributed by atoms with Gasteiger partial charge in [-0.1, -0.05) is 22.9 Å². The molecule has 0 fully saturated rings. The number of nitrogens with one attached hydrogen (secondary N) is 1. The Hall–Kier alpha value is -0.450. The quantitative estimate of drug-likeness (QED) is 0.799. The summed E-state index contributed by atoms with van der Waals surface area (Å²) in [6.07, 6.45) is 1.11. The van der Waals surface area contributed by atoms with E-state index in [0.29, 0.717) is 12.6 Å². The van der Waals surface area contributed by atoms with Crippen LogP contribution in [0.1, 0.15) is 32.8 Å². The number of hydrogen-bond donors (Lipinski definition) is 1. The molecule has 0 saturated heterocycles. The van der Waals surface area contributed by atoms with Gasteiger partial charge in [0.25, 0.3) is 0 Å². The van der Waals surface area contributed by atoms with Crippen LogP contribution in [0.15, 0.2) is 16.6 Å². The maximum absolute atomic E-state index is 5.69. The van der Waals surface area contributed by atoms with Gasteiger partial charge in [0, 0.05) is 22.6 Å². The minimum absolute atomic E-state index is 0. The van der Waals surface area contributed by atoms with Crippen molar-refractivity contribution in [3.05, 3.63) is 22.2 Å². The second kappa shape index (κ2) is 9.45. The first kappa shape index (κ1) is 18.6. The highest BCUT2D eigenvalue weighted by molar-refractivity contribution is 9.10. The lowest BCUT2D eigenvalue weighted by molar-refractivity contribution is 0.306. The standard InChI is InChI=1S/C14H22BrNO2.ClH/c1-5-10(3)16-9-11-7-12(15)8-13(17-4)14(11)18-6-2;/h7-8,10,16H,5-6,9H2,1-4H3;1H. The number of ether oxygens (including phenoxy) is 2. The van der Waals surface area contributed by atoms with Crippen LogP contribution in [-0.4, -0.2) is 19.8 Å². The molecule has 5 heteroatoms. The molecule has 0 aliphatic heterocycles. The van der Waals surface area contributed by atoms with Crippen LogP contribution >= 0.6 is 28.3 Å². The third-order valence-corrected chi connectivity index (χ3v) is 3.32. The molecule has 0 aliphatic rings. The van der Waals surface area contributed by atoms with Crippen molar-refractivity contribution in [1.29, 1.82) is 0 Å². The molecular formula is C14H23BrClNO2. The SMILES string of the molecule is CCOc1c(CNC(C)CC)cc(Br)cc1OC.Cl. The third-order valence-electron chi connectivity index (χ3n) is 2.86. The molecule has 0 spiro atoms. The predicted molar refractivity (Wildman–Crippen MR) is 85.7 cm³/mol. The Balaban J connectivity index is 0.00000324. The lowest BCUT2D eigenvalue weighted by Crippen LogP contribution is -2.24. The van der Waals surface area contributed by atoms with E-state index in [1.54, 1.807) is 7.11 Å². The molecule has 0 heterocycles. The van der Waals surface area contributed by atoms with E-state index in [1.165, 1.54) is 0 Å². The van der Waals surface area contributed by atoms with Gasteiger partial charge < -0.3 is 14.8 Å². The highest BCUT2D eigenvalue weighted by Crippen LogP contribution is 2.34. The van der Waals surface area contributed by atoms with E-state index in [9.17, 15) is 0 Å². The summed E-state index contributed by atoms with van der Waals surface area (Å²) < 4.78 is 12.1. The molecule has 1 rings (SSSR count). The Morgan fingerprint density at radius 1 is 1.32 bits per heavy atom. The number of halogens is 2. The van der Waals surface area contributed by atoms with Gasteiger partial charge in [0.15, 0.2) is 11.5 Å². The van der Waals surface area contributed by atoms with Crippen LogP contribution in [0, 0.1) is 0 Å². The van der Waals surface area contributed by atoms with Crippen molar-refractivity contribution >= 4 is 28.3 Å². The molecular weight excluding hydrogens is 330 g/mol. The largest absolute Gasteiger partial charge is 0.493 e. The maximum atomic E-state index is 5.69. The smallest absolute Gasteiger partial charge is 0.165 e. The molecule has 19 heavy (non-hydrogen) atoms. The number of methoxy groups -OCH3 is 1. The van der Waals surface area contributed by atoms with Crippen LogP contribution < -0.4 is 14.8 Å². The van der Waals surface area contributed by atoms with E-state index < -0.39 is 0 Å². The first-order valence-electron chi connectivity index (χ1n) is 6.34. The minimum atomic E-state index is 0. The van der Waals surface area contributed by atoms with Crippen molar-refractivity contribution in [3.8, 4) is 11.5 Å². The van der Waals surface area contributed by atoms with Gasteiger partial charge in [-0.05, 0) is 32.4 Å². The molecule has 1 N–H and O–H groups in total. The molecule has 0 aliphatic carbocycles. The average molecular weight is 353 g/mol. The fourth-order valence-electron chi connectivity index (χ4n) is 1.64. The summed E-state index contributed by atoms with van der Waals surface area (Å²) >= 11 is 3.50. The van der Waals surface area contributed by atoms with Crippen molar-refractivity contribution in [2.45, 2.75) is 39.8 Å². The molecule has 3 nitrogen and oxygen atoms in total. The summed E-state index contributed by atoms with van der Waals surface area (Å²) in [4.78, 5) is 0. The van der Waals surface area contributed by atoms with Crippen molar-refractivity contribution in [3.63, 3.8) is 0 Å². The first-order valence-corrected chi connectivity index (χ1v) is 7.14. The summed E-state index contributed by atoms with van der Waals surface area (Å²) in [6, 6.07) is 4.49. The van der Waals surface area contributed by atoms with Gasteiger partial charge >= 0.3 is 0 Å². The van der Waals surface area contributed by atoms with Crippen LogP contribution in [0.2, 0.25) is 0 Å². The molecule has 0 amide bonds. The van der Waals surface area contributed by atoms with Gasteiger partial charge in [0.05, 0.1) is 13.7 Å². The normalized spacial score (nSPS) is 11.6. The summed E-state index contributed by atoms with van der Waals surface area (Å²) in [6.45, 7) is 7.74. The Kier molecular flexibility index (Phi) is 9.23. The molecule has 1 atom stereocenters. The van der Waals surface area contributed by atoms with Crippen LogP contribution in [0.3, 0.4) is 0 Å². The maximum Gasteiger partial charge on any atom is 0.165 e. The molecule has 0 radical (unpaired) electrons. The van der Waals surface area contributed by atoms with Crippen LogP contribution in [-0.2, 0) is 6.54 Å². The average Bonchev–Trinajstić information content (AvgIpc) is 2.38. The van der Waals surface area contributed by atoms with E-state index >= 15 is 0 Å². The minimum Gasteiger partial charge on any atom is -0.493 e. The summed E-state index contributed by atoms with van der Waals surface area (Å²) in [5, 5.41) is 3.47. The lowest BCUT2D eigenvalue weighted by Gasteiger charge is -2.17. The van der Waals surface area contributed by atoms with Gasteiger partial charge in [-0.25, -0.2) is 0 Å². The van der Waals surface area contributed by atoms with E-state index in [1.807, 2.05) is 13.0 Å². The van der Waals surface area contributed by atoms with Gasteiger partial charge in [-0.3, -0.25) is 0 Å². The number of benzene rings is 1. The Morgan fingerprint density at radius 3 is 2.53 bits per heavy atom. The van der Waals surface area contributed by atoms with Crippen molar-refractivity contribution in [2.75, 3.05) is 13.7 Å². The predicted octanol–water partition coefficient (Wildman–Crippen LogP) is 4.17. The molecule has 110 valence electrons. The Bertz CT molecular complexity index is 388. The van der Waals surface area contributed by atoms with E-state index in [-0.39, 0.29) is 12.4 Å². The highest BCUT2D eigenvalue weighted by atomic mass is 79.9. The van der Waals surface area contributed by atoms with Gasteiger partial charge in [-0.15, -0.1) is 12.4 Å². The number of hydrogen-bond acceptors (Lipinski definition) is 3. The van der Waals surface area contributed by atoms with Crippen LogP contribution in [0.25, 0.3) is 0 Å². The molecule has 1 aromatic carbocycles. The zero-order valence-corrected chi connectivity index (χ0v) is 14.4. The van der Waals surface area contributed by atoms with Crippen molar-refractivity contribution in [2.24, 2.45) is 0 Å². The van der Waals surface area contributed by atoms with Gasteiger partial charge in [0.1, 0.15) is 0 Å². The molecule has 1 aromatic rings. The molecule has 1 unspecified atom stereocenters. The van der Waals surface area contributed by atoms with Gasteiger partial charge in [0.2, 0.25) is 0 Å². The Morgan fingerprint density at radius 2 is 2.00 bits per heavy atom. The van der Waals surface area contributed by atoms with E-state index in [4.69, 9.17) is 9.47 Å². The topological polar surface area (TPSA) is 30.5 Å². The zero-order chi connectivity index (χ0) is 13.5. The second-order valence-corrected chi connectivity index (χ2v) is 5.14. The molecule has 0 bridgehead atoms. The number of rotatable bonds is 7. The highest BCUT2D eigenvalue weighted by Gasteiger charge is 2.12. The summed E-state index contributed by atoms with van der Waals surface area (Å²) in [5.41, 5.74) is 1.11. The Labute approximate surface area is 130 Å². The first-order chi connectivity index (χ1) is 8.62. The van der Waals surface area contributed by atoms with Crippen LogP contribution in [0.5, 0.6) is 11.5 Å². The summed E-state index contributed by atoms with van der Waals surface area (Å²) in [5.74, 6) is 1.60. The second-order valence-electron chi connectivity index (χ2n) is 4.22. The van der Waals surface area contributed by atoms with E-state index in [2.05, 4.69) is 41.2 Å². The lowest BCUT2D eigenvalue weighted by atomic mass is 10.1. The van der Waals surface area contributed by atoms with Crippen LogP contribution in [0.4, 0.5) is 0 Å². The molecule has 0 aromatic heterocycles. The fraction of sp³-hybridized carbons (Fsp3) is 0.571. The third kappa shape index (κ3) is 5.59. The fourth-order valence-corrected chi connectivity index (χ4v) is 2.13. The summed E-state index contributed by atoms with van der Waals surface area (Å²) in [7, 11) is 1.66. The zero-order valence-electron chi connectivity index (χ0n) is 12.0. The van der Waals surface area contributed by atoms with Crippen molar-refractivity contribution < 1.29 is 9.47 Å². The van der Waals surface area contributed by atoms with Crippen molar-refractivity contribution in [1.82, 2.24) is 5.32 Å². The van der Waals surface area contributed by atoms with Gasteiger partial charge in [-0.2, -0.15) is 0 Å². The molecule has 0 saturated carbocycles. The monoisotopic (exact) mass is 351 g/mol. The van der Waals surface area contributed by atoms with E-state index in [0.717, 1.165) is 34.5 Å².